The van der Waals surface area contributed by atoms with Crippen LogP contribution in [0.3, 0.4) is 0 Å². The molecular weight excluding hydrogens is 400 g/mol. The molecule has 168 valence electrons. The highest BCUT2D eigenvalue weighted by Gasteiger charge is 2.47. The molecule has 3 fully saturated rings. The lowest BCUT2D eigenvalue weighted by Gasteiger charge is -2.54. The summed E-state index contributed by atoms with van der Waals surface area (Å²) in [6.07, 6.45) is 11.7. The van der Waals surface area contributed by atoms with Gasteiger partial charge in [-0.2, -0.15) is 5.10 Å². The SMILES string of the molecule is COc1ccccc1-c1[nH]ncc1C(=O)N1CCCC2=CC3CC(CN4CCCC[C@H]34)[C@@H]21. The van der Waals surface area contributed by atoms with Crippen LogP contribution in [0.5, 0.6) is 5.75 Å². The molecule has 2 unspecified atom stereocenters. The van der Waals surface area contributed by atoms with Gasteiger partial charge in [-0.05, 0) is 62.6 Å². The van der Waals surface area contributed by atoms with Crippen molar-refractivity contribution >= 4 is 5.91 Å². The third-order valence-corrected chi connectivity index (χ3v) is 8.16. The van der Waals surface area contributed by atoms with Crippen molar-refractivity contribution in [3.05, 3.63) is 47.7 Å². The Morgan fingerprint density at radius 1 is 1.19 bits per heavy atom. The second kappa shape index (κ2) is 8.07. The fraction of sp³-hybridized carbons (Fsp3) is 0.538. The summed E-state index contributed by atoms with van der Waals surface area (Å²) in [5.74, 6) is 2.05. The highest BCUT2D eigenvalue weighted by atomic mass is 16.5. The summed E-state index contributed by atoms with van der Waals surface area (Å²) < 4.78 is 5.55. The summed E-state index contributed by atoms with van der Waals surface area (Å²) in [4.78, 5) is 18.8. The Hall–Kier alpha value is -2.60. The number of fused-ring (bicyclic) bond motifs is 6. The van der Waals surface area contributed by atoms with Gasteiger partial charge in [0, 0.05) is 24.7 Å². The molecule has 1 aromatic carbocycles. The number of methoxy groups -OCH3 is 1. The molecule has 4 aliphatic rings. The Labute approximate surface area is 189 Å². The molecule has 1 aliphatic carbocycles. The summed E-state index contributed by atoms with van der Waals surface area (Å²) in [6.45, 7) is 3.18. The predicted molar refractivity (Wildman–Crippen MR) is 124 cm³/mol. The van der Waals surface area contributed by atoms with E-state index in [-0.39, 0.29) is 11.9 Å². The maximum absolute atomic E-state index is 13.9. The number of nitrogens with one attached hydrogen (secondary N) is 1. The van der Waals surface area contributed by atoms with E-state index in [0.717, 1.165) is 49.0 Å². The van der Waals surface area contributed by atoms with Crippen LogP contribution in [-0.4, -0.2) is 64.7 Å². The standard InChI is InChI=1S/C26H32N4O2/c1-32-23-10-3-2-8-20(23)24-21(15-27-28-24)26(31)30-12-6-7-17-13-18-14-19(25(17)30)16-29-11-5-4-9-22(18)29/h2-3,8,10,13,15,18-19,22,25H,4-7,9,11-12,14,16H2,1H3,(H,27,28)/t18?,19?,22-,25-/m1/s1. The van der Waals surface area contributed by atoms with Crippen molar-refractivity contribution in [2.75, 3.05) is 26.7 Å². The van der Waals surface area contributed by atoms with Crippen molar-refractivity contribution in [1.29, 1.82) is 0 Å². The second-order valence-corrected chi connectivity index (χ2v) is 9.87. The lowest BCUT2D eigenvalue weighted by Crippen LogP contribution is -2.60. The molecule has 4 atom stereocenters. The van der Waals surface area contributed by atoms with Crippen LogP contribution in [0.25, 0.3) is 11.3 Å². The van der Waals surface area contributed by atoms with Gasteiger partial charge in [0.25, 0.3) is 5.91 Å². The topological polar surface area (TPSA) is 61.5 Å². The molecule has 2 aromatic rings. The summed E-state index contributed by atoms with van der Waals surface area (Å²) in [5.41, 5.74) is 3.78. The van der Waals surface area contributed by atoms with Crippen molar-refractivity contribution in [2.45, 2.75) is 50.6 Å². The molecule has 32 heavy (non-hydrogen) atoms. The molecule has 6 rings (SSSR count). The maximum atomic E-state index is 13.9. The smallest absolute Gasteiger partial charge is 0.258 e. The van der Waals surface area contributed by atoms with Gasteiger partial charge in [0.05, 0.1) is 30.6 Å². The molecule has 0 saturated carbocycles. The molecule has 1 aromatic heterocycles. The number of nitrogens with zero attached hydrogens (tertiary/aromatic N) is 3. The molecule has 4 heterocycles. The molecule has 0 radical (unpaired) electrons. The minimum atomic E-state index is 0.0921. The number of likely N-dealkylation sites (tertiary alicyclic amines) is 1. The maximum Gasteiger partial charge on any atom is 0.258 e. The Kier molecular flexibility index (Phi) is 5.05. The van der Waals surface area contributed by atoms with Crippen molar-refractivity contribution in [3.8, 4) is 17.0 Å². The summed E-state index contributed by atoms with van der Waals surface area (Å²) in [7, 11) is 1.66. The number of benzene rings is 1. The van der Waals surface area contributed by atoms with Crippen molar-refractivity contribution in [2.24, 2.45) is 11.8 Å². The normalized spacial score (nSPS) is 29.7. The van der Waals surface area contributed by atoms with E-state index in [0.29, 0.717) is 17.4 Å². The fourth-order valence-corrected chi connectivity index (χ4v) is 6.86. The van der Waals surface area contributed by atoms with E-state index in [4.69, 9.17) is 4.74 Å². The minimum Gasteiger partial charge on any atom is -0.496 e. The van der Waals surface area contributed by atoms with Crippen molar-refractivity contribution in [3.63, 3.8) is 0 Å². The fourth-order valence-electron chi connectivity index (χ4n) is 6.86. The number of aromatic nitrogens is 2. The van der Waals surface area contributed by atoms with Crippen LogP contribution in [0, 0.1) is 11.8 Å². The first-order valence-electron chi connectivity index (χ1n) is 12.2. The number of hydrogen-bond acceptors (Lipinski definition) is 4. The first-order valence-corrected chi connectivity index (χ1v) is 12.2. The zero-order valence-electron chi connectivity index (χ0n) is 18.8. The average molecular weight is 433 g/mol. The van der Waals surface area contributed by atoms with Crippen molar-refractivity contribution in [1.82, 2.24) is 20.0 Å². The number of carbonyl (C=O) groups is 1. The van der Waals surface area contributed by atoms with Crippen LogP contribution >= 0.6 is 0 Å². The third-order valence-electron chi connectivity index (χ3n) is 8.16. The molecule has 0 spiro atoms. The van der Waals surface area contributed by atoms with E-state index in [1.807, 2.05) is 24.3 Å². The van der Waals surface area contributed by atoms with Gasteiger partial charge in [-0.1, -0.05) is 30.2 Å². The molecule has 3 aliphatic heterocycles. The number of piperidine rings is 3. The number of amides is 1. The first kappa shape index (κ1) is 20.0. The van der Waals surface area contributed by atoms with Gasteiger partial charge >= 0.3 is 0 Å². The van der Waals surface area contributed by atoms with Gasteiger partial charge < -0.3 is 9.64 Å². The van der Waals surface area contributed by atoms with Gasteiger partial charge in [0.2, 0.25) is 0 Å². The van der Waals surface area contributed by atoms with Gasteiger partial charge in [-0.25, -0.2) is 0 Å². The van der Waals surface area contributed by atoms with Crippen LogP contribution in [0.4, 0.5) is 0 Å². The van der Waals surface area contributed by atoms with E-state index in [9.17, 15) is 4.79 Å². The van der Waals surface area contributed by atoms with Crippen LogP contribution in [0.1, 0.15) is 48.9 Å². The van der Waals surface area contributed by atoms with E-state index in [1.165, 1.54) is 37.8 Å². The van der Waals surface area contributed by atoms with Gasteiger partial charge in [-0.15, -0.1) is 0 Å². The molecule has 6 nitrogen and oxygen atoms in total. The summed E-state index contributed by atoms with van der Waals surface area (Å²) in [5, 5.41) is 7.33. The average Bonchev–Trinajstić information content (AvgIpc) is 3.33. The van der Waals surface area contributed by atoms with Crippen LogP contribution < -0.4 is 4.74 Å². The van der Waals surface area contributed by atoms with E-state index >= 15 is 0 Å². The largest absolute Gasteiger partial charge is 0.496 e. The quantitative estimate of drug-likeness (QED) is 0.741. The second-order valence-electron chi connectivity index (χ2n) is 9.87. The van der Waals surface area contributed by atoms with E-state index < -0.39 is 0 Å². The lowest BCUT2D eigenvalue weighted by molar-refractivity contribution is 0.00150. The zero-order valence-corrected chi connectivity index (χ0v) is 18.8. The third kappa shape index (κ3) is 3.19. The number of ether oxygens (including phenoxy) is 1. The minimum absolute atomic E-state index is 0.0921. The first-order chi connectivity index (χ1) is 15.7. The lowest BCUT2D eigenvalue weighted by atomic mass is 9.68. The number of carbonyl (C=O) groups excluding carboxylic acids is 1. The molecule has 3 saturated heterocycles. The van der Waals surface area contributed by atoms with Crippen LogP contribution in [0.15, 0.2) is 42.1 Å². The van der Waals surface area contributed by atoms with Crippen LogP contribution in [0.2, 0.25) is 0 Å². The molecule has 2 bridgehead atoms. The summed E-state index contributed by atoms with van der Waals surface area (Å²) in [6, 6.07) is 8.77. The Morgan fingerprint density at radius 3 is 3.00 bits per heavy atom. The van der Waals surface area contributed by atoms with Gasteiger partial charge in [0.1, 0.15) is 5.75 Å². The number of rotatable bonds is 3. The Bertz CT molecular complexity index is 1040. The van der Waals surface area contributed by atoms with Gasteiger partial charge in [0.15, 0.2) is 0 Å². The van der Waals surface area contributed by atoms with Crippen molar-refractivity contribution < 1.29 is 9.53 Å². The molecule has 6 heteroatoms. The monoisotopic (exact) mass is 432 g/mol. The van der Waals surface area contributed by atoms with Gasteiger partial charge in [-0.3, -0.25) is 14.8 Å². The van der Waals surface area contributed by atoms with E-state index in [1.54, 1.807) is 13.3 Å². The number of H-pyrrole nitrogens is 1. The molecule has 1 N–H and O–H groups in total. The van der Waals surface area contributed by atoms with Crippen LogP contribution in [-0.2, 0) is 0 Å². The zero-order chi connectivity index (χ0) is 21.7. The predicted octanol–water partition coefficient (Wildman–Crippen LogP) is 4.12. The molecular formula is C26H32N4O2. The number of hydrogen-bond donors (Lipinski definition) is 1. The number of aromatic amines is 1. The summed E-state index contributed by atoms with van der Waals surface area (Å²) >= 11 is 0. The molecule has 1 amide bonds. The highest BCUT2D eigenvalue weighted by Crippen LogP contribution is 2.45. The van der Waals surface area contributed by atoms with E-state index in [2.05, 4.69) is 26.1 Å². The Balaban J connectivity index is 1.34. The Morgan fingerprint density at radius 2 is 2.09 bits per heavy atom. The highest BCUT2D eigenvalue weighted by molar-refractivity contribution is 6.00. The number of para-hydroxylation sites is 1.